The van der Waals surface area contributed by atoms with Gasteiger partial charge in [-0.1, -0.05) is 13.8 Å². The van der Waals surface area contributed by atoms with Crippen LogP contribution in [0.2, 0.25) is 0 Å². The second kappa shape index (κ2) is 9.12. The van der Waals surface area contributed by atoms with Crippen molar-refractivity contribution in [2.24, 2.45) is 5.92 Å². The predicted molar refractivity (Wildman–Crippen MR) is 110 cm³/mol. The zero-order valence-electron chi connectivity index (χ0n) is 17.3. The summed E-state index contributed by atoms with van der Waals surface area (Å²) in [4.78, 5) is 37.4. The molecular formula is C20H27N5O5. The molecule has 1 aliphatic rings. The molecule has 0 spiro atoms. The van der Waals surface area contributed by atoms with Gasteiger partial charge < -0.3 is 20.5 Å². The van der Waals surface area contributed by atoms with Gasteiger partial charge in [0.25, 0.3) is 11.5 Å². The Kier molecular flexibility index (Phi) is 6.56. The van der Waals surface area contributed by atoms with Crippen molar-refractivity contribution in [3.63, 3.8) is 0 Å². The first-order valence-corrected chi connectivity index (χ1v) is 9.92. The standard InChI is InChI=1S/C20H27N5O5/c1-12(2)11-24-18-13(4-7-15(26)21-8-9-30-3)10-22-25(18)20(29)16(19(24)28)17(27)23-14-5-6-14/h4,7,10,12,14,28H,5-6,8-9,11H2,1-3H3,(H,21,26)(H,23,27). The van der Waals surface area contributed by atoms with Gasteiger partial charge in [-0.2, -0.15) is 9.61 Å². The van der Waals surface area contributed by atoms with Crippen molar-refractivity contribution in [1.82, 2.24) is 24.8 Å². The van der Waals surface area contributed by atoms with E-state index in [2.05, 4.69) is 15.7 Å². The Balaban J connectivity index is 2.03. The van der Waals surface area contributed by atoms with Gasteiger partial charge >= 0.3 is 0 Å². The van der Waals surface area contributed by atoms with Crippen molar-refractivity contribution in [3.05, 3.63) is 33.8 Å². The van der Waals surface area contributed by atoms with Crippen molar-refractivity contribution < 1.29 is 19.4 Å². The van der Waals surface area contributed by atoms with Crippen LogP contribution in [-0.4, -0.2) is 57.4 Å². The highest BCUT2D eigenvalue weighted by atomic mass is 16.5. The zero-order chi connectivity index (χ0) is 21.8. The molecule has 1 fully saturated rings. The normalized spacial score (nSPS) is 14.0. The lowest BCUT2D eigenvalue weighted by atomic mass is 10.2. The first-order valence-electron chi connectivity index (χ1n) is 9.92. The molecule has 3 N–H and O–H groups in total. The number of rotatable bonds is 9. The van der Waals surface area contributed by atoms with Gasteiger partial charge in [0.05, 0.1) is 12.8 Å². The highest BCUT2D eigenvalue weighted by Gasteiger charge is 2.29. The van der Waals surface area contributed by atoms with Crippen LogP contribution in [-0.2, 0) is 16.1 Å². The molecule has 2 aromatic heterocycles. The zero-order valence-corrected chi connectivity index (χ0v) is 17.3. The monoisotopic (exact) mass is 417 g/mol. The number of nitrogens with one attached hydrogen (secondary N) is 2. The minimum atomic E-state index is -0.704. The van der Waals surface area contributed by atoms with Crippen molar-refractivity contribution in [2.75, 3.05) is 20.3 Å². The minimum Gasteiger partial charge on any atom is -0.494 e. The van der Waals surface area contributed by atoms with E-state index >= 15 is 0 Å². The maximum Gasteiger partial charge on any atom is 0.291 e. The number of hydrogen-bond donors (Lipinski definition) is 3. The Morgan fingerprint density at radius 3 is 2.77 bits per heavy atom. The Morgan fingerprint density at radius 2 is 2.13 bits per heavy atom. The molecule has 10 nitrogen and oxygen atoms in total. The maximum atomic E-state index is 12.9. The summed E-state index contributed by atoms with van der Waals surface area (Å²) in [7, 11) is 1.54. The van der Waals surface area contributed by atoms with Gasteiger partial charge in [-0.05, 0) is 24.8 Å². The lowest BCUT2D eigenvalue weighted by Gasteiger charge is -2.17. The molecule has 1 aliphatic carbocycles. The highest BCUT2D eigenvalue weighted by Crippen LogP contribution is 2.24. The molecule has 1 saturated carbocycles. The lowest BCUT2D eigenvalue weighted by molar-refractivity contribution is -0.116. The number of methoxy groups -OCH3 is 1. The Bertz CT molecular complexity index is 1030. The number of carbonyl (C=O) groups is 2. The van der Waals surface area contributed by atoms with E-state index in [1.54, 1.807) is 7.11 Å². The van der Waals surface area contributed by atoms with Crippen LogP contribution in [0, 0.1) is 5.92 Å². The molecule has 2 aromatic rings. The van der Waals surface area contributed by atoms with Crippen LogP contribution in [0.3, 0.4) is 0 Å². The van der Waals surface area contributed by atoms with Crippen LogP contribution >= 0.6 is 0 Å². The predicted octanol–water partition coefficient (Wildman–Crippen LogP) is 0.526. The molecular weight excluding hydrogens is 390 g/mol. The quantitative estimate of drug-likeness (QED) is 0.403. The van der Waals surface area contributed by atoms with E-state index in [1.807, 2.05) is 13.8 Å². The first-order chi connectivity index (χ1) is 14.3. The topological polar surface area (TPSA) is 127 Å². The van der Waals surface area contributed by atoms with Crippen LogP contribution < -0.4 is 16.2 Å². The number of nitrogens with zero attached hydrogens (tertiary/aromatic N) is 3. The summed E-state index contributed by atoms with van der Waals surface area (Å²) in [6, 6.07) is 0.0401. The molecule has 0 aliphatic heterocycles. The first kappa shape index (κ1) is 21.6. The van der Waals surface area contributed by atoms with E-state index < -0.39 is 17.3 Å². The summed E-state index contributed by atoms with van der Waals surface area (Å²) >= 11 is 0. The summed E-state index contributed by atoms with van der Waals surface area (Å²) in [6.45, 7) is 5.02. The number of amides is 2. The van der Waals surface area contributed by atoms with E-state index in [9.17, 15) is 19.5 Å². The molecule has 0 saturated heterocycles. The largest absolute Gasteiger partial charge is 0.494 e. The van der Waals surface area contributed by atoms with Crippen molar-refractivity contribution in [3.8, 4) is 5.88 Å². The molecule has 0 bridgehead atoms. The van der Waals surface area contributed by atoms with Crippen LogP contribution in [0.4, 0.5) is 0 Å². The van der Waals surface area contributed by atoms with Gasteiger partial charge in [0.15, 0.2) is 5.56 Å². The van der Waals surface area contributed by atoms with E-state index in [0.717, 1.165) is 17.4 Å². The molecule has 0 atom stereocenters. The smallest absolute Gasteiger partial charge is 0.291 e. The summed E-state index contributed by atoms with van der Waals surface area (Å²) in [5.41, 5.74) is -0.245. The molecule has 3 rings (SSSR count). The Hall–Kier alpha value is -3.14. The van der Waals surface area contributed by atoms with Gasteiger partial charge in [-0.3, -0.25) is 19.0 Å². The van der Waals surface area contributed by atoms with Gasteiger partial charge in [-0.15, -0.1) is 0 Å². The van der Waals surface area contributed by atoms with Crippen LogP contribution in [0.25, 0.3) is 11.7 Å². The number of carbonyl (C=O) groups excluding carboxylic acids is 2. The summed E-state index contributed by atoms with van der Waals surface area (Å²) in [5, 5.41) is 20.3. The summed E-state index contributed by atoms with van der Waals surface area (Å²) < 4.78 is 7.47. The van der Waals surface area contributed by atoms with Crippen LogP contribution in [0.5, 0.6) is 5.88 Å². The summed E-state index contributed by atoms with van der Waals surface area (Å²) in [6.07, 6.45) is 5.98. The third-order valence-corrected chi connectivity index (χ3v) is 4.62. The molecule has 10 heteroatoms. The average molecular weight is 417 g/mol. The van der Waals surface area contributed by atoms with E-state index in [-0.39, 0.29) is 23.4 Å². The second-order valence-electron chi connectivity index (χ2n) is 7.71. The number of fused-ring (bicyclic) bond motifs is 1. The van der Waals surface area contributed by atoms with Gasteiger partial charge in [0.2, 0.25) is 11.8 Å². The minimum absolute atomic E-state index is 0.0401. The van der Waals surface area contributed by atoms with Gasteiger partial charge in [-0.25, -0.2) is 0 Å². The van der Waals surface area contributed by atoms with E-state index in [0.29, 0.717) is 30.9 Å². The molecule has 0 unspecified atom stereocenters. The molecule has 30 heavy (non-hydrogen) atoms. The molecule has 2 heterocycles. The molecule has 0 aromatic carbocycles. The molecule has 0 radical (unpaired) electrons. The van der Waals surface area contributed by atoms with Crippen molar-refractivity contribution in [2.45, 2.75) is 39.3 Å². The fraction of sp³-hybridized carbons (Fsp3) is 0.500. The summed E-state index contributed by atoms with van der Waals surface area (Å²) in [5.74, 6) is -1.22. The number of aromatic hydroxyl groups is 1. The SMILES string of the molecule is COCCNC(=O)C=Cc1cnn2c(=O)c(C(=O)NC3CC3)c(O)n(CC(C)C)c12. The Labute approximate surface area is 173 Å². The maximum absolute atomic E-state index is 12.9. The third-order valence-electron chi connectivity index (χ3n) is 4.62. The average Bonchev–Trinajstić information content (AvgIpc) is 3.39. The number of ether oxygens (including phenoxy) is 1. The van der Waals surface area contributed by atoms with Crippen molar-refractivity contribution in [1.29, 1.82) is 0 Å². The lowest BCUT2D eigenvalue weighted by Crippen LogP contribution is -2.34. The highest BCUT2D eigenvalue weighted by molar-refractivity contribution is 5.97. The van der Waals surface area contributed by atoms with Gasteiger partial charge in [0.1, 0.15) is 5.65 Å². The van der Waals surface area contributed by atoms with Gasteiger partial charge in [0, 0.05) is 37.9 Å². The fourth-order valence-corrected chi connectivity index (χ4v) is 3.05. The molecule has 2 amide bonds. The second-order valence-corrected chi connectivity index (χ2v) is 7.71. The number of hydrogen-bond acceptors (Lipinski definition) is 6. The third kappa shape index (κ3) is 4.70. The van der Waals surface area contributed by atoms with Crippen LogP contribution in [0.1, 0.15) is 42.6 Å². The molecule has 162 valence electrons. The fourth-order valence-electron chi connectivity index (χ4n) is 3.05. The van der Waals surface area contributed by atoms with Crippen LogP contribution in [0.15, 0.2) is 17.1 Å². The van der Waals surface area contributed by atoms with E-state index in [1.165, 1.54) is 22.9 Å². The Morgan fingerprint density at radius 1 is 1.40 bits per heavy atom. The van der Waals surface area contributed by atoms with Crippen molar-refractivity contribution >= 4 is 23.5 Å². The number of aromatic nitrogens is 3. The van der Waals surface area contributed by atoms with E-state index in [4.69, 9.17) is 4.74 Å².